The number of para-hydroxylation sites is 1. The summed E-state index contributed by atoms with van der Waals surface area (Å²) in [7, 11) is 0. The van der Waals surface area contributed by atoms with E-state index in [0.29, 0.717) is 0 Å². The molecule has 15 heavy (non-hydrogen) atoms. The Morgan fingerprint density at radius 2 is 2.13 bits per heavy atom. The first-order valence-corrected chi connectivity index (χ1v) is 4.67. The predicted molar refractivity (Wildman–Crippen MR) is 58.2 cm³/mol. The van der Waals surface area contributed by atoms with Gasteiger partial charge in [0.05, 0.1) is 0 Å². The summed E-state index contributed by atoms with van der Waals surface area (Å²) in [4.78, 5) is 3.21. The number of H-pyrrole nitrogens is 1. The van der Waals surface area contributed by atoms with E-state index in [1.165, 1.54) is 0 Å². The molecule has 2 rings (SSSR count). The zero-order chi connectivity index (χ0) is 10.8. The lowest BCUT2D eigenvalue weighted by molar-refractivity contribution is -1.00. The molecule has 0 bridgehead atoms. The molecule has 0 saturated carbocycles. The van der Waals surface area contributed by atoms with Crippen molar-refractivity contribution in [3.8, 4) is 0 Å². The fraction of sp³-hybridized carbons (Fsp3) is 0.0909. The Kier molecular flexibility index (Phi) is 2.55. The summed E-state index contributed by atoms with van der Waals surface area (Å²) in [5.41, 5.74) is 2.95. The highest BCUT2D eigenvalue weighted by molar-refractivity contribution is 5.90. The van der Waals surface area contributed by atoms with Gasteiger partial charge in [-0.3, -0.25) is 0 Å². The minimum Gasteiger partial charge on any atom is -0.595 e. The zero-order valence-corrected chi connectivity index (χ0v) is 8.32. The number of quaternary nitrogens is 1. The van der Waals surface area contributed by atoms with Gasteiger partial charge in [-0.15, -0.1) is 0 Å². The average molecular weight is 204 g/mol. The third-order valence-electron chi connectivity index (χ3n) is 2.34. The first-order chi connectivity index (χ1) is 7.18. The fourth-order valence-corrected chi connectivity index (χ4v) is 1.67. The summed E-state index contributed by atoms with van der Waals surface area (Å²) in [5, 5.41) is 19.1. The van der Waals surface area contributed by atoms with Gasteiger partial charge in [0.2, 0.25) is 0 Å². The van der Waals surface area contributed by atoms with E-state index < -0.39 is 5.23 Å². The van der Waals surface area contributed by atoms with Crippen LogP contribution in [-0.4, -0.2) is 10.2 Å². The lowest BCUT2D eigenvalue weighted by Gasteiger charge is -2.03. The highest BCUT2D eigenvalue weighted by Gasteiger charge is 2.04. The first-order valence-electron chi connectivity index (χ1n) is 4.67. The largest absolute Gasteiger partial charge is 0.595 e. The molecule has 1 heterocycles. The molecule has 1 atom stereocenters. The third kappa shape index (κ3) is 1.92. The first kappa shape index (κ1) is 9.92. The summed E-state index contributed by atoms with van der Waals surface area (Å²) in [5.74, 6) is 0. The minimum atomic E-state index is -0.931. The topological polar surface area (TPSA) is 63.5 Å². The molecule has 0 fully saturated rings. The summed E-state index contributed by atoms with van der Waals surface area (Å²) in [6.45, 7) is 1.93. The van der Waals surface area contributed by atoms with Gasteiger partial charge in [-0.05, 0) is 13.0 Å². The van der Waals surface area contributed by atoms with Crippen LogP contribution in [0.5, 0.6) is 0 Å². The molecule has 1 aromatic carbocycles. The number of hydrogen-bond acceptors (Lipinski definition) is 2. The molecular formula is C11H12N2O2. The molecule has 3 N–H and O–H groups in total. The normalized spacial score (nSPS) is 13.8. The van der Waals surface area contributed by atoms with Crippen molar-refractivity contribution in [3.63, 3.8) is 0 Å². The Morgan fingerprint density at radius 3 is 2.87 bits per heavy atom. The van der Waals surface area contributed by atoms with Crippen LogP contribution in [0.3, 0.4) is 0 Å². The Labute approximate surface area is 87.0 Å². The zero-order valence-electron chi connectivity index (χ0n) is 8.32. The summed E-state index contributed by atoms with van der Waals surface area (Å²) in [6.07, 6.45) is 2.78. The van der Waals surface area contributed by atoms with Crippen LogP contribution in [0.4, 0.5) is 0 Å². The van der Waals surface area contributed by atoms with E-state index in [4.69, 9.17) is 5.21 Å². The number of aromatic amines is 1. The second kappa shape index (κ2) is 3.86. The minimum absolute atomic E-state index is 0.931. The molecule has 0 aliphatic rings. The van der Waals surface area contributed by atoms with Crippen molar-refractivity contribution in [1.29, 1.82) is 0 Å². The maximum Gasteiger partial charge on any atom is 0.128 e. The van der Waals surface area contributed by atoms with E-state index in [-0.39, 0.29) is 0 Å². The van der Waals surface area contributed by atoms with Crippen LogP contribution in [0.25, 0.3) is 17.0 Å². The second-order valence-corrected chi connectivity index (χ2v) is 3.38. The quantitative estimate of drug-likeness (QED) is 0.644. The molecule has 4 heteroatoms. The maximum absolute atomic E-state index is 10.4. The second-order valence-electron chi connectivity index (χ2n) is 3.38. The number of hydrogen-bond donors (Lipinski definition) is 3. The lowest BCUT2D eigenvalue weighted by atomic mass is 10.1. The van der Waals surface area contributed by atoms with Crippen LogP contribution < -0.4 is 5.23 Å². The molecule has 1 unspecified atom stereocenters. The number of rotatable bonds is 2. The van der Waals surface area contributed by atoms with Gasteiger partial charge in [-0.2, -0.15) is 0 Å². The standard InChI is InChI=1S/C11H12N2O2/c1-8-9(6-7-13(14)15)10-4-2-3-5-11(10)12-8/h2-7,12-14H,1H3. The number of hydroxylamine groups is 2. The van der Waals surface area contributed by atoms with Crippen molar-refractivity contribution in [1.82, 2.24) is 4.98 Å². The van der Waals surface area contributed by atoms with Gasteiger partial charge in [-0.1, -0.05) is 18.2 Å². The highest BCUT2D eigenvalue weighted by Crippen LogP contribution is 2.22. The van der Waals surface area contributed by atoms with Gasteiger partial charge in [0.1, 0.15) is 6.20 Å². The van der Waals surface area contributed by atoms with Gasteiger partial charge in [0, 0.05) is 28.2 Å². The molecule has 2 aromatic rings. The predicted octanol–water partition coefficient (Wildman–Crippen LogP) is 1.22. The molecule has 0 aliphatic carbocycles. The third-order valence-corrected chi connectivity index (χ3v) is 2.34. The number of nitrogens with one attached hydrogen (secondary N) is 2. The van der Waals surface area contributed by atoms with E-state index in [1.54, 1.807) is 6.08 Å². The van der Waals surface area contributed by atoms with Crippen molar-refractivity contribution < 1.29 is 10.4 Å². The van der Waals surface area contributed by atoms with E-state index in [1.807, 2.05) is 31.2 Å². The van der Waals surface area contributed by atoms with Crippen LogP contribution in [0.2, 0.25) is 0 Å². The molecule has 0 amide bonds. The van der Waals surface area contributed by atoms with Gasteiger partial charge in [0.25, 0.3) is 0 Å². The maximum atomic E-state index is 10.4. The van der Waals surface area contributed by atoms with E-state index >= 15 is 0 Å². The monoisotopic (exact) mass is 204 g/mol. The van der Waals surface area contributed by atoms with E-state index in [9.17, 15) is 5.21 Å². The number of aryl methyl sites for hydroxylation is 1. The fourth-order valence-electron chi connectivity index (χ4n) is 1.67. The van der Waals surface area contributed by atoms with Crippen LogP contribution in [0.1, 0.15) is 11.3 Å². The van der Waals surface area contributed by atoms with Crippen LogP contribution in [0.15, 0.2) is 30.5 Å². The summed E-state index contributed by atoms with van der Waals surface area (Å²) < 4.78 is 0. The van der Waals surface area contributed by atoms with Crippen LogP contribution in [-0.2, 0) is 0 Å². The smallest absolute Gasteiger partial charge is 0.128 e. The van der Waals surface area contributed by atoms with Crippen molar-refractivity contribution in [2.75, 3.05) is 0 Å². The van der Waals surface area contributed by atoms with Crippen LogP contribution >= 0.6 is 0 Å². The van der Waals surface area contributed by atoms with Crippen molar-refractivity contribution in [3.05, 3.63) is 46.9 Å². The van der Waals surface area contributed by atoms with Gasteiger partial charge in [-0.25, -0.2) is 10.4 Å². The van der Waals surface area contributed by atoms with Gasteiger partial charge in [0.15, 0.2) is 0 Å². The number of aromatic nitrogens is 1. The van der Waals surface area contributed by atoms with E-state index in [2.05, 4.69) is 4.98 Å². The molecule has 0 radical (unpaired) electrons. The Bertz CT molecular complexity index is 500. The van der Waals surface area contributed by atoms with Crippen LogP contribution in [0, 0.1) is 12.1 Å². The van der Waals surface area contributed by atoms with E-state index in [0.717, 1.165) is 28.4 Å². The Balaban J connectivity index is 2.54. The highest BCUT2D eigenvalue weighted by atomic mass is 16.8. The molecule has 0 aliphatic heterocycles. The van der Waals surface area contributed by atoms with Crippen molar-refractivity contribution in [2.45, 2.75) is 6.92 Å². The molecule has 1 aromatic heterocycles. The molecule has 0 saturated heterocycles. The molecule has 4 nitrogen and oxygen atoms in total. The average Bonchev–Trinajstić information content (AvgIpc) is 2.50. The Hall–Kier alpha value is -1.62. The summed E-state index contributed by atoms with van der Waals surface area (Å²) >= 11 is 0. The number of fused-ring (bicyclic) bond motifs is 1. The molecule has 0 spiro atoms. The Morgan fingerprint density at radius 1 is 1.40 bits per heavy atom. The van der Waals surface area contributed by atoms with Gasteiger partial charge >= 0.3 is 0 Å². The SMILES string of the molecule is Cc1[nH]c2ccccc2c1C=C[NH+]([O-])O. The van der Waals surface area contributed by atoms with Crippen molar-refractivity contribution in [2.24, 2.45) is 0 Å². The molecule has 78 valence electrons. The number of benzene rings is 1. The van der Waals surface area contributed by atoms with Gasteiger partial charge < -0.3 is 10.2 Å². The molecular weight excluding hydrogens is 192 g/mol. The lowest BCUT2D eigenvalue weighted by Crippen LogP contribution is -2.99. The van der Waals surface area contributed by atoms with Crippen molar-refractivity contribution >= 4 is 17.0 Å². The summed E-state index contributed by atoms with van der Waals surface area (Å²) in [6, 6.07) is 7.83.